The van der Waals surface area contributed by atoms with Crippen molar-refractivity contribution in [3.05, 3.63) is 43.0 Å². The lowest BCUT2D eigenvalue weighted by Crippen LogP contribution is -2.37. The van der Waals surface area contributed by atoms with Crippen molar-refractivity contribution in [1.82, 2.24) is 14.8 Å². The van der Waals surface area contributed by atoms with Crippen LogP contribution in [0.2, 0.25) is 0 Å². The molecule has 0 bridgehead atoms. The Kier molecular flexibility index (Phi) is 6.79. The summed E-state index contributed by atoms with van der Waals surface area (Å²) >= 11 is 0. The molecule has 5 nitrogen and oxygen atoms in total. The molecule has 0 saturated heterocycles. The van der Waals surface area contributed by atoms with Gasteiger partial charge in [0.1, 0.15) is 18.4 Å². The van der Waals surface area contributed by atoms with Crippen molar-refractivity contribution in [2.45, 2.75) is 52.2 Å². The second-order valence-corrected chi connectivity index (χ2v) is 7.12. The summed E-state index contributed by atoms with van der Waals surface area (Å²) in [6, 6.07) is 10.1. The van der Waals surface area contributed by atoms with Gasteiger partial charge in [0.05, 0.1) is 18.8 Å². The lowest BCUT2D eigenvalue weighted by molar-refractivity contribution is -0.0283. The Balaban J connectivity index is 1.87. The highest BCUT2D eigenvalue weighted by Gasteiger charge is 2.33. The Hall–Kier alpha value is -1.88. The van der Waals surface area contributed by atoms with E-state index in [1.165, 1.54) is 0 Å². The lowest BCUT2D eigenvalue weighted by atomic mass is 9.83. The van der Waals surface area contributed by atoms with Crippen LogP contribution in [0.1, 0.15) is 46.1 Å². The molecule has 0 saturated carbocycles. The molecule has 0 amide bonds. The minimum absolute atomic E-state index is 0.0336. The summed E-state index contributed by atoms with van der Waals surface area (Å²) in [4.78, 5) is 4.10. The number of rotatable bonds is 9. The fourth-order valence-corrected chi connectivity index (χ4v) is 3.06. The Morgan fingerprint density at radius 2 is 1.88 bits per heavy atom. The van der Waals surface area contributed by atoms with Gasteiger partial charge in [-0.1, -0.05) is 39.0 Å². The van der Waals surface area contributed by atoms with Crippen molar-refractivity contribution in [1.29, 1.82) is 0 Å². The number of hydrogen-bond donors (Lipinski definition) is 0. The van der Waals surface area contributed by atoms with Crippen LogP contribution in [0.15, 0.2) is 43.0 Å². The van der Waals surface area contributed by atoms with Crippen LogP contribution in [-0.4, -0.2) is 34.6 Å². The molecule has 0 radical (unpaired) electrons. The molecule has 0 aliphatic rings. The molecule has 24 heavy (non-hydrogen) atoms. The second kappa shape index (κ2) is 8.83. The zero-order chi connectivity index (χ0) is 17.4. The first kappa shape index (κ1) is 18.5. The first-order valence-electron chi connectivity index (χ1n) is 8.57. The number of ether oxygens (including phenoxy) is 2. The van der Waals surface area contributed by atoms with Gasteiger partial charge < -0.3 is 9.47 Å². The second-order valence-electron chi connectivity index (χ2n) is 7.12. The molecule has 0 N–H and O–H groups in total. The van der Waals surface area contributed by atoms with Gasteiger partial charge in [-0.25, -0.2) is 9.67 Å². The van der Waals surface area contributed by atoms with Crippen LogP contribution in [0, 0.1) is 5.41 Å². The Morgan fingerprint density at radius 3 is 2.46 bits per heavy atom. The van der Waals surface area contributed by atoms with Crippen LogP contribution in [0.4, 0.5) is 0 Å². The number of hydrogen-bond acceptors (Lipinski definition) is 4. The Bertz CT molecular complexity index is 564. The van der Waals surface area contributed by atoms with E-state index in [1.807, 2.05) is 35.0 Å². The fourth-order valence-electron chi connectivity index (χ4n) is 3.06. The van der Waals surface area contributed by atoms with E-state index < -0.39 is 0 Å². The predicted octanol–water partition coefficient (Wildman–Crippen LogP) is 4.13. The van der Waals surface area contributed by atoms with Gasteiger partial charge in [0.25, 0.3) is 0 Å². The van der Waals surface area contributed by atoms with Gasteiger partial charge in [0.15, 0.2) is 0 Å². The van der Waals surface area contributed by atoms with E-state index in [0.717, 1.165) is 31.6 Å². The maximum Gasteiger partial charge on any atom is 0.137 e. The van der Waals surface area contributed by atoms with E-state index in [0.29, 0.717) is 0 Å². The van der Waals surface area contributed by atoms with Gasteiger partial charge in [0, 0.05) is 7.11 Å². The minimum atomic E-state index is 0.0336. The van der Waals surface area contributed by atoms with Crippen molar-refractivity contribution in [2.75, 3.05) is 13.7 Å². The molecule has 1 heterocycles. The van der Waals surface area contributed by atoms with Gasteiger partial charge >= 0.3 is 0 Å². The standard InChI is InChI=1S/C19H29N3O2/c1-19(2,3)18(23-4)17(22-15-20-14-21-22)12-8-9-13-24-16-10-6-5-7-11-16/h5-7,10-11,14-15,17-18H,8-9,12-13H2,1-4H3. The van der Waals surface area contributed by atoms with Gasteiger partial charge in [-0.2, -0.15) is 5.10 Å². The Labute approximate surface area is 145 Å². The third-order valence-electron chi connectivity index (χ3n) is 4.14. The summed E-state index contributed by atoms with van der Waals surface area (Å²) in [7, 11) is 1.78. The monoisotopic (exact) mass is 331 g/mol. The molecule has 0 aliphatic heterocycles. The van der Waals surface area contributed by atoms with E-state index in [-0.39, 0.29) is 17.6 Å². The molecule has 0 aliphatic carbocycles. The smallest absolute Gasteiger partial charge is 0.137 e. The number of aromatic nitrogens is 3. The third-order valence-corrected chi connectivity index (χ3v) is 4.14. The van der Waals surface area contributed by atoms with E-state index in [4.69, 9.17) is 9.47 Å². The van der Waals surface area contributed by atoms with E-state index in [1.54, 1.807) is 19.8 Å². The summed E-state index contributed by atoms with van der Waals surface area (Å²) in [6.07, 6.45) is 6.48. The van der Waals surface area contributed by atoms with Crippen molar-refractivity contribution >= 4 is 0 Å². The zero-order valence-corrected chi connectivity index (χ0v) is 15.2. The van der Waals surface area contributed by atoms with Crippen molar-refractivity contribution in [2.24, 2.45) is 5.41 Å². The highest BCUT2D eigenvalue weighted by atomic mass is 16.5. The molecule has 132 valence electrons. The van der Waals surface area contributed by atoms with Crippen LogP contribution in [0.25, 0.3) is 0 Å². The maximum absolute atomic E-state index is 5.81. The van der Waals surface area contributed by atoms with Crippen molar-refractivity contribution < 1.29 is 9.47 Å². The van der Waals surface area contributed by atoms with E-state index >= 15 is 0 Å². The quantitative estimate of drug-likeness (QED) is 0.648. The lowest BCUT2D eigenvalue weighted by Gasteiger charge is -2.36. The first-order chi connectivity index (χ1) is 11.5. The Morgan fingerprint density at radius 1 is 1.12 bits per heavy atom. The highest BCUT2D eigenvalue weighted by molar-refractivity contribution is 5.20. The largest absolute Gasteiger partial charge is 0.494 e. The molecule has 2 atom stereocenters. The topological polar surface area (TPSA) is 49.2 Å². The zero-order valence-electron chi connectivity index (χ0n) is 15.2. The molecule has 1 aromatic carbocycles. The van der Waals surface area contributed by atoms with Crippen molar-refractivity contribution in [3.8, 4) is 5.75 Å². The average molecular weight is 331 g/mol. The van der Waals surface area contributed by atoms with Crippen LogP contribution in [0.5, 0.6) is 5.75 Å². The summed E-state index contributed by atoms with van der Waals surface area (Å²) in [5.41, 5.74) is 0.0336. The number of methoxy groups -OCH3 is 1. The SMILES string of the molecule is COC(C(CCCCOc1ccccc1)n1cncn1)C(C)(C)C. The predicted molar refractivity (Wildman–Crippen MR) is 95.1 cm³/mol. The number of nitrogens with zero attached hydrogens (tertiary/aromatic N) is 3. The molecular weight excluding hydrogens is 302 g/mol. The number of benzene rings is 1. The number of unbranched alkanes of at least 4 members (excludes halogenated alkanes) is 1. The summed E-state index contributed by atoms with van der Waals surface area (Å²) < 4.78 is 13.5. The molecule has 2 rings (SSSR count). The first-order valence-corrected chi connectivity index (χ1v) is 8.57. The molecule has 2 aromatic rings. The number of para-hydroxylation sites is 1. The third kappa shape index (κ3) is 5.34. The highest BCUT2D eigenvalue weighted by Crippen LogP contribution is 2.33. The maximum atomic E-state index is 5.81. The van der Waals surface area contributed by atoms with Crippen LogP contribution in [-0.2, 0) is 4.74 Å². The van der Waals surface area contributed by atoms with Crippen molar-refractivity contribution in [3.63, 3.8) is 0 Å². The molecule has 5 heteroatoms. The van der Waals surface area contributed by atoms with Gasteiger partial charge in [0.2, 0.25) is 0 Å². The summed E-state index contributed by atoms with van der Waals surface area (Å²) in [6.45, 7) is 7.32. The normalized spacial score (nSPS) is 14.3. The summed E-state index contributed by atoms with van der Waals surface area (Å²) in [5.74, 6) is 0.926. The molecule has 1 aromatic heterocycles. The molecule has 0 spiro atoms. The van der Waals surface area contributed by atoms with E-state index in [2.05, 4.69) is 30.9 Å². The molecular formula is C19H29N3O2. The van der Waals surface area contributed by atoms with Gasteiger partial charge in [-0.3, -0.25) is 0 Å². The molecule has 2 unspecified atom stereocenters. The summed E-state index contributed by atoms with van der Waals surface area (Å²) in [5, 5.41) is 4.34. The van der Waals surface area contributed by atoms with Crippen LogP contribution in [0.3, 0.4) is 0 Å². The van der Waals surface area contributed by atoms with E-state index in [9.17, 15) is 0 Å². The van der Waals surface area contributed by atoms with Gasteiger partial charge in [-0.15, -0.1) is 0 Å². The molecule has 0 fully saturated rings. The average Bonchev–Trinajstić information content (AvgIpc) is 3.07. The van der Waals surface area contributed by atoms with Gasteiger partial charge in [-0.05, 0) is 36.8 Å². The van der Waals surface area contributed by atoms with Crippen LogP contribution < -0.4 is 4.74 Å². The minimum Gasteiger partial charge on any atom is -0.494 e. The fraction of sp³-hybridized carbons (Fsp3) is 0.579. The van der Waals surface area contributed by atoms with Crippen LogP contribution >= 0.6 is 0 Å².